The van der Waals surface area contributed by atoms with Crippen molar-refractivity contribution in [3.8, 4) is 0 Å². The number of rotatable bonds is 2. The monoisotopic (exact) mass is 291 g/mol. The fourth-order valence-electron chi connectivity index (χ4n) is 3.00. The van der Waals surface area contributed by atoms with Crippen LogP contribution in [0.25, 0.3) is 0 Å². The molecule has 6 heteroatoms. The van der Waals surface area contributed by atoms with E-state index >= 15 is 0 Å². The maximum atomic E-state index is 12.2. The number of carbonyl (C=O) groups is 2. The molecule has 1 aromatic rings. The van der Waals surface area contributed by atoms with Crippen LogP contribution in [0, 0.1) is 0 Å². The van der Waals surface area contributed by atoms with E-state index in [4.69, 9.17) is 4.42 Å². The first-order chi connectivity index (χ1) is 10.2. The van der Waals surface area contributed by atoms with Gasteiger partial charge in [0.2, 0.25) is 0 Å². The summed E-state index contributed by atoms with van der Waals surface area (Å²) in [6.45, 7) is 2.26. The number of hydrogen-bond acceptors (Lipinski definition) is 3. The average molecular weight is 291 g/mol. The number of carbonyl (C=O) groups excluding carboxylic acids is 2. The molecule has 0 atom stereocenters. The van der Waals surface area contributed by atoms with Crippen molar-refractivity contribution in [2.75, 3.05) is 26.2 Å². The molecule has 1 saturated carbocycles. The molecule has 6 nitrogen and oxygen atoms in total. The van der Waals surface area contributed by atoms with Gasteiger partial charge in [0.15, 0.2) is 5.76 Å². The Labute approximate surface area is 124 Å². The number of nitrogens with zero attached hydrogens (tertiary/aromatic N) is 2. The van der Waals surface area contributed by atoms with Crippen molar-refractivity contribution in [3.63, 3.8) is 0 Å². The van der Waals surface area contributed by atoms with Crippen LogP contribution in [0.4, 0.5) is 4.79 Å². The van der Waals surface area contributed by atoms with E-state index in [2.05, 4.69) is 5.32 Å². The summed E-state index contributed by atoms with van der Waals surface area (Å²) >= 11 is 0. The van der Waals surface area contributed by atoms with Gasteiger partial charge in [0, 0.05) is 32.2 Å². The van der Waals surface area contributed by atoms with Crippen molar-refractivity contribution in [3.05, 3.63) is 24.2 Å². The maximum absolute atomic E-state index is 12.2. The predicted octanol–water partition coefficient (Wildman–Crippen LogP) is 1.69. The first kappa shape index (κ1) is 14.0. The van der Waals surface area contributed by atoms with E-state index in [1.54, 1.807) is 21.9 Å². The summed E-state index contributed by atoms with van der Waals surface area (Å²) in [7, 11) is 0. The molecule has 1 saturated heterocycles. The number of nitrogens with one attached hydrogen (secondary N) is 1. The zero-order valence-corrected chi connectivity index (χ0v) is 12.1. The highest BCUT2D eigenvalue weighted by molar-refractivity contribution is 5.91. The molecule has 2 aliphatic rings. The summed E-state index contributed by atoms with van der Waals surface area (Å²) in [6.07, 6.45) is 6.08. The minimum atomic E-state index is -0.101. The highest BCUT2D eigenvalue weighted by Gasteiger charge is 2.27. The van der Waals surface area contributed by atoms with E-state index in [0.717, 1.165) is 12.8 Å². The molecule has 1 N–H and O–H groups in total. The Bertz CT molecular complexity index is 486. The van der Waals surface area contributed by atoms with Gasteiger partial charge in [-0.25, -0.2) is 4.79 Å². The van der Waals surface area contributed by atoms with Crippen LogP contribution in [-0.2, 0) is 0 Å². The lowest BCUT2D eigenvalue weighted by atomic mass is 10.2. The first-order valence-corrected chi connectivity index (χ1v) is 7.62. The van der Waals surface area contributed by atoms with Crippen molar-refractivity contribution < 1.29 is 14.0 Å². The third-order valence-electron chi connectivity index (χ3n) is 4.27. The third kappa shape index (κ3) is 3.20. The molecule has 21 heavy (non-hydrogen) atoms. The Hall–Kier alpha value is -1.98. The van der Waals surface area contributed by atoms with Gasteiger partial charge in [-0.15, -0.1) is 0 Å². The van der Waals surface area contributed by atoms with Gasteiger partial charge in [0.1, 0.15) is 0 Å². The fourth-order valence-corrected chi connectivity index (χ4v) is 3.00. The molecule has 0 spiro atoms. The molecular weight excluding hydrogens is 270 g/mol. The zero-order chi connectivity index (χ0) is 14.7. The van der Waals surface area contributed by atoms with Crippen molar-refractivity contribution in [2.45, 2.75) is 31.7 Å². The van der Waals surface area contributed by atoms with Gasteiger partial charge in [-0.05, 0) is 25.0 Å². The number of hydrogen-bond donors (Lipinski definition) is 1. The Balaban J connectivity index is 1.48. The normalized spacial score (nSPS) is 19.8. The summed E-state index contributed by atoms with van der Waals surface area (Å²) in [5, 5.41) is 3.09. The largest absolute Gasteiger partial charge is 0.459 e. The lowest BCUT2D eigenvalue weighted by Gasteiger charge is -2.34. The molecule has 1 aromatic heterocycles. The molecular formula is C15H21N3O3. The maximum Gasteiger partial charge on any atom is 0.317 e. The lowest BCUT2D eigenvalue weighted by Crippen LogP contribution is -2.54. The van der Waals surface area contributed by atoms with Crippen LogP contribution in [0.2, 0.25) is 0 Å². The van der Waals surface area contributed by atoms with Gasteiger partial charge in [0.05, 0.1) is 6.26 Å². The molecule has 3 amide bonds. The summed E-state index contributed by atoms with van der Waals surface area (Å²) in [4.78, 5) is 27.8. The smallest absolute Gasteiger partial charge is 0.317 e. The van der Waals surface area contributed by atoms with Gasteiger partial charge >= 0.3 is 6.03 Å². The molecule has 0 radical (unpaired) electrons. The zero-order valence-electron chi connectivity index (χ0n) is 12.1. The van der Waals surface area contributed by atoms with Crippen LogP contribution in [0.3, 0.4) is 0 Å². The Morgan fingerprint density at radius 2 is 1.76 bits per heavy atom. The van der Waals surface area contributed by atoms with E-state index < -0.39 is 0 Å². The van der Waals surface area contributed by atoms with Crippen LogP contribution >= 0.6 is 0 Å². The second-order valence-electron chi connectivity index (χ2n) is 5.69. The van der Waals surface area contributed by atoms with Crippen LogP contribution in [0.15, 0.2) is 22.8 Å². The Morgan fingerprint density at radius 1 is 1.10 bits per heavy atom. The second kappa shape index (κ2) is 6.20. The van der Waals surface area contributed by atoms with E-state index in [-0.39, 0.29) is 11.9 Å². The molecule has 3 rings (SSSR count). The SMILES string of the molecule is O=C(NC1CCCC1)N1CCN(C(=O)c2ccco2)CC1. The number of amides is 3. The Kier molecular flexibility index (Phi) is 4.13. The van der Waals surface area contributed by atoms with Crippen molar-refractivity contribution >= 4 is 11.9 Å². The van der Waals surface area contributed by atoms with Gasteiger partial charge < -0.3 is 19.5 Å². The van der Waals surface area contributed by atoms with E-state index in [1.807, 2.05) is 0 Å². The van der Waals surface area contributed by atoms with E-state index in [9.17, 15) is 9.59 Å². The quantitative estimate of drug-likeness (QED) is 0.901. The average Bonchev–Trinajstić information content (AvgIpc) is 3.20. The van der Waals surface area contributed by atoms with E-state index in [1.165, 1.54) is 19.1 Å². The molecule has 0 unspecified atom stereocenters. The number of urea groups is 1. The first-order valence-electron chi connectivity index (χ1n) is 7.62. The van der Waals surface area contributed by atoms with Gasteiger partial charge in [-0.1, -0.05) is 12.8 Å². The molecule has 0 aromatic carbocycles. The third-order valence-corrected chi connectivity index (χ3v) is 4.27. The van der Waals surface area contributed by atoms with Crippen LogP contribution in [0.5, 0.6) is 0 Å². The summed E-state index contributed by atoms with van der Waals surface area (Å²) < 4.78 is 5.13. The minimum absolute atomic E-state index is 0.00648. The van der Waals surface area contributed by atoms with Gasteiger partial charge in [-0.2, -0.15) is 0 Å². The highest BCUT2D eigenvalue weighted by Crippen LogP contribution is 2.18. The van der Waals surface area contributed by atoms with E-state index in [0.29, 0.717) is 38.0 Å². The molecule has 2 fully saturated rings. The fraction of sp³-hybridized carbons (Fsp3) is 0.600. The van der Waals surface area contributed by atoms with Gasteiger partial charge in [-0.3, -0.25) is 4.79 Å². The lowest BCUT2D eigenvalue weighted by molar-refractivity contribution is 0.0632. The summed E-state index contributed by atoms with van der Waals surface area (Å²) in [5.41, 5.74) is 0. The number of piperazine rings is 1. The van der Waals surface area contributed by atoms with Crippen LogP contribution < -0.4 is 5.32 Å². The summed E-state index contributed by atoms with van der Waals surface area (Å²) in [5.74, 6) is 0.259. The minimum Gasteiger partial charge on any atom is -0.459 e. The van der Waals surface area contributed by atoms with Crippen molar-refractivity contribution in [1.82, 2.24) is 15.1 Å². The number of furan rings is 1. The molecule has 1 aliphatic carbocycles. The molecule has 1 aliphatic heterocycles. The molecule has 114 valence electrons. The highest BCUT2D eigenvalue weighted by atomic mass is 16.3. The van der Waals surface area contributed by atoms with Crippen LogP contribution in [0.1, 0.15) is 36.2 Å². The summed E-state index contributed by atoms with van der Waals surface area (Å²) in [6, 6.07) is 3.72. The predicted molar refractivity (Wildman–Crippen MR) is 77.0 cm³/mol. The van der Waals surface area contributed by atoms with Crippen molar-refractivity contribution in [1.29, 1.82) is 0 Å². The van der Waals surface area contributed by atoms with Crippen LogP contribution in [-0.4, -0.2) is 54.0 Å². The molecule has 0 bridgehead atoms. The topological polar surface area (TPSA) is 65.8 Å². The van der Waals surface area contributed by atoms with Gasteiger partial charge in [0.25, 0.3) is 5.91 Å². The van der Waals surface area contributed by atoms with Crippen molar-refractivity contribution in [2.24, 2.45) is 0 Å². The standard InChI is InChI=1S/C15H21N3O3/c19-14(13-6-3-11-21-13)17-7-9-18(10-8-17)15(20)16-12-4-1-2-5-12/h3,6,11-12H,1-2,4-5,7-10H2,(H,16,20). The molecule has 2 heterocycles. The Morgan fingerprint density at radius 3 is 2.38 bits per heavy atom. The second-order valence-corrected chi connectivity index (χ2v) is 5.69.